The molecule has 7 nitrogen and oxygen atoms in total. The molecule has 2 aliphatic heterocycles. The van der Waals surface area contributed by atoms with E-state index in [-0.39, 0.29) is 11.9 Å². The lowest BCUT2D eigenvalue weighted by atomic mass is 10.1. The molecule has 1 aromatic rings. The second-order valence-corrected chi connectivity index (χ2v) is 5.83. The van der Waals surface area contributed by atoms with Crippen molar-refractivity contribution >= 4 is 5.82 Å². The summed E-state index contributed by atoms with van der Waals surface area (Å²) in [5.41, 5.74) is 0. The number of piperazine rings is 1. The fourth-order valence-corrected chi connectivity index (χ4v) is 2.88. The summed E-state index contributed by atoms with van der Waals surface area (Å²) in [6, 6.07) is 3.01. The van der Waals surface area contributed by atoms with Crippen molar-refractivity contribution in [2.24, 2.45) is 0 Å². The maximum atomic E-state index is 12.1. The Kier molecular flexibility index (Phi) is 5.07. The summed E-state index contributed by atoms with van der Waals surface area (Å²) in [7, 11) is 0. The molecule has 0 spiro atoms. The van der Waals surface area contributed by atoms with Crippen LogP contribution in [0.5, 0.6) is 5.88 Å². The van der Waals surface area contributed by atoms with Crippen LogP contribution in [0.2, 0.25) is 0 Å². The maximum absolute atomic E-state index is 12.1. The van der Waals surface area contributed by atoms with Crippen molar-refractivity contribution in [2.75, 3.05) is 50.9 Å². The van der Waals surface area contributed by atoms with Gasteiger partial charge >= 0.3 is 6.18 Å². The van der Waals surface area contributed by atoms with Crippen LogP contribution < -0.4 is 9.64 Å². The molecular weight excluding hydrogens is 329 g/mol. The fraction of sp³-hybridized carbons (Fsp3) is 0.714. The van der Waals surface area contributed by atoms with E-state index in [4.69, 9.17) is 4.74 Å². The molecule has 0 amide bonds. The molecule has 2 saturated heterocycles. The molecule has 2 fully saturated rings. The van der Waals surface area contributed by atoms with Gasteiger partial charge in [0.2, 0.25) is 5.88 Å². The Balaban J connectivity index is 1.51. The van der Waals surface area contributed by atoms with Crippen molar-refractivity contribution in [2.45, 2.75) is 18.3 Å². The molecule has 24 heavy (non-hydrogen) atoms. The van der Waals surface area contributed by atoms with Gasteiger partial charge in [-0.2, -0.15) is 13.2 Å². The van der Waals surface area contributed by atoms with E-state index in [2.05, 4.69) is 19.8 Å². The average molecular weight is 348 g/mol. The van der Waals surface area contributed by atoms with Gasteiger partial charge in [-0.25, -0.2) is 0 Å². The third kappa shape index (κ3) is 4.25. The summed E-state index contributed by atoms with van der Waals surface area (Å²) >= 11 is 0. The van der Waals surface area contributed by atoms with Crippen LogP contribution in [0.4, 0.5) is 19.0 Å². The number of hydrogen-bond acceptors (Lipinski definition) is 7. The van der Waals surface area contributed by atoms with Crippen LogP contribution in [0.3, 0.4) is 0 Å². The second kappa shape index (κ2) is 7.08. The zero-order valence-electron chi connectivity index (χ0n) is 12.9. The minimum absolute atomic E-state index is 0.0244. The third-order valence-corrected chi connectivity index (χ3v) is 4.14. The van der Waals surface area contributed by atoms with Crippen LogP contribution in [0.25, 0.3) is 0 Å². The van der Waals surface area contributed by atoms with E-state index in [0.717, 1.165) is 13.1 Å². The van der Waals surface area contributed by atoms with E-state index in [1.165, 1.54) is 6.07 Å². The lowest BCUT2D eigenvalue weighted by Gasteiger charge is -2.38. The van der Waals surface area contributed by atoms with Crippen molar-refractivity contribution in [3.8, 4) is 5.88 Å². The topological polar surface area (TPSA) is 71.0 Å². The van der Waals surface area contributed by atoms with Gasteiger partial charge in [-0.1, -0.05) is 0 Å². The van der Waals surface area contributed by atoms with Crippen molar-refractivity contribution in [1.82, 2.24) is 15.1 Å². The highest BCUT2D eigenvalue weighted by molar-refractivity contribution is 5.38. The number of nitrogens with zero attached hydrogens (tertiary/aromatic N) is 4. The number of aliphatic hydroxyl groups excluding tert-OH is 1. The van der Waals surface area contributed by atoms with Gasteiger partial charge in [0.05, 0.1) is 25.4 Å². The van der Waals surface area contributed by atoms with Crippen LogP contribution in [0, 0.1) is 0 Å². The van der Waals surface area contributed by atoms with Gasteiger partial charge in [-0.05, 0) is 6.07 Å². The van der Waals surface area contributed by atoms with Crippen LogP contribution in [0.15, 0.2) is 12.1 Å². The molecule has 0 aromatic carbocycles. The molecule has 0 saturated carbocycles. The fourth-order valence-electron chi connectivity index (χ4n) is 2.88. The molecule has 2 aliphatic rings. The number of aromatic nitrogens is 2. The SMILES string of the molecule is O[C@@H]1COC[C@H]1N1CCN(c2ccc(OCC(F)(F)F)nn2)CC1. The van der Waals surface area contributed by atoms with Crippen molar-refractivity contribution < 1.29 is 27.8 Å². The van der Waals surface area contributed by atoms with Crippen molar-refractivity contribution in [1.29, 1.82) is 0 Å². The molecular formula is C14H19F3N4O3. The number of rotatable bonds is 4. The monoisotopic (exact) mass is 348 g/mol. The van der Waals surface area contributed by atoms with E-state index in [0.29, 0.717) is 32.1 Å². The highest BCUT2D eigenvalue weighted by Gasteiger charge is 2.33. The first kappa shape index (κ1) is 17.2. The van der Waals surface area contributed by atoms with E-state index in [1.54, 1.807) is 6.07 Å². The number of alkyl halides is 3. The standard InChI is InChI=1S/C14H19F3N4O3/c15-14(16,17)9-24-13-2-1-12(18-19-13)21-5-3-20(4-6-21)10-7-23-8-11(10)22/h1-2,10-11,22H,3-9H2/t10-,11-/m1/s1. The third-order valence-electron chi connectivity index (χ3n) is 4.14. The molecule has 10 heteroatoms. The average Bonchev–Trinajstić information content (AvgIpc) is 2.99. The number of aliphatic hydroxyl groups is 1. The van der Waals surface area contributed by atoms with Crippen LogP contribution in [-0.2, 0) is 4.74 Å². The number of anilines is 1. The second-order valence-electron chi connectivity index (χ2n) is 5.83. The van der Waals surface area contributed by atoms with Crippen LogP contribution in [0.1, 0.15) is 0 Å². The number of ether oxygens (including phenoxy) is 2. The summed E-state index contributed by atoms with van der Waals surface area (Å²) in [5, 5.41) is 17.5. The first-order chi connectivity index (χ1) is 11.4. The molecule has 3 rings (SSSR count). The first-order valence-electron chi connectivity index (χ1n) is 7.70. The van der Waals surface area contributed by atoms with E-state index >= 15 is 0 Å². The van der Waals surface area contributed by atoms with E-state index < -0.39 is 18.9 Å². The minimum Gasteiger partial charge on any atom is -0.467 e. The Morgan fingerprint density at radius 3 is 2.46 bits per heavy atom. The van der Waals surface area contributed by atoms with Gasteiger partial charge in [0, 0.05) is 32.2 Å². The molecule has 1 N–H and O–H groups in total. The Morgan fingerprint density at radius 2 is 1.92 bits per heavy atom. The zero-order valence-corrected chi connectivity index (χ0v) is 12.9. The molecule has 134 valence electrons. The Morgan fingerprint density at radius 1 is 1.17 bits per heavy atom. The van der Waals surface area contributed by atoms with E-state index in [1.807, 2.05) is 4.90 Å². The molecule has 0 aliphatic carbocycles. The molecule has 0 bridgehead atoms. The van der Waals surface area contributed by atoms with Crippen molar-refractivity contribution in [3.63, 3.8) is 0 Å². The minimum atomic E-state index is -4.40. The summed E-state index contributed by atoms with van der Waals surface area (Å²) in [4.78, 5) is 4.18. The van der Waals surface area contributed by atoms with Crippen LogP contribution in [-0.4, -0.2) is 84.5 Å². The highest BCUT2D eigenvalue weighted by atomic mass is 19.4. The van der Waals surface area contributed by atoms with Gasteiger partial charge < -0.3 is 19.5 Å². The molecule has 3 heterocycles. The van der Waals surface area contributed by atoms with Gasteiger partial charge in [0.15, 0.2) is 12.4 Å². The quantitative estimate of drug-likeness (QED) is 0.839. The molecule has 1 aromatic heterocycles. The number of hydrogen-bond donors (Lipinski definition) is 1. The van der Waals surface area contributed by atoms with Gasteiger partial charge in [-0.15, -0.1) is 10.2 Å². The Labute approximate surface area is 137 Å². The molecule has 0 radical (unpaired) electrons. The summed E-state index contributed by atoms with van der Waals surface area (Å²) < 4.78 is 46.1. The lowest BCUT2D eigenvalue weighted by molar-refractivity contribution is -0.154. The summed E-state index contributed by atoms with van der Waals surface area (Å²) in [5.74, 6) is 0.443. The summed E-state index contributed by atoms with van der Waals surface area (Å²) in [6.45, 7) is 2.41. The van der Waals surface area contributed by atoms with Gasteiger partial charge in [0.25, 0.3) is 0 Å². The predicted octanol–water partition coefficient (Wildman–Crippen LogP) is 0.299. The molecule has 0 unspecified atom stereocenters. The lowest BCUT2D eigenvalue weighted by Crippen LogP contribution is -2.53. The smallest absolute Gasteiger partial charge is 0.422 e. The maximum Gasteiger partial charge on any atom is 0.422 e. The van der Waals surface area contributed by atoms with Crippen molar-refractivity contribution in [3.05, 3.63) is 12.1 Å². The summed E-state index contributed by atoms with van der Waals surface area (Å²) in [6.07, 6.45) is -4.85. The predicted molar refractivity (Wildman–Crippen MR) is 78.0 cm³/mol. The van der Waals surface area contributed by atoms with Gasteiger partial charge in [-0.3, -0.25) is 4.90 Å². The highest BCUT2D eigenvalue weighted by Crippen LogP contribution is 2.20. The Bertz CT molecular complexity index is 535. The first-order valence-corrected chi connectivity index (χ1v) is 7.70. The zero-order chi connectivity index (χ0) is 17.2. The van der Waals surface area contributed by atoms with Crippen LogP contribution >= 0.6 is 0 Å². The largest absolute Gasteiger partial charge is 0.467 e. The van der Waals surface area contributed by atoms with Gasteiger partial charge in [0.1, 0.15) is 0 Å². The number of halogens is 3. The molecule has 2 atom stereocenters. The van der Waals surface area contributed by atoms with E-state index in [9.17, 15) is 18.3 Å². The Hall–Kier alpha value is -1.65. The normalized spacial score (nSPS) is 25.9.